The maximum atomic E-state index is 13.3. The third-order valence-electron chi connectivity index (χ3n) is 3.51. The van der Waals surface area contributed by atoms with E-state index in [1.807, 2.05) is 13.1 Å². The second-order valence-corrected chi connectivity index (χ2v) is 4.95. The molecule has 0 heterocycles. The van der Waals surface area contributed by atoms with E-state index in [4.69, 9.17) is 11.6 Å². The van der Waals surface area contributed by atoms with Crippen molar-refractivity contribution in [3.63, 3.8) is 0 Å². The molecule has 2 rings (SSSR count). The van der Waals surface area contributed by atoms with E-state index in [0.29, 0.717) is 12.0 Å². The highest BCUT2D eigenvalue weighted by atomic mass is 35.5. The monoisotopic (exact) mass is 241 g/mol. The topological polar surface area (TPSA) is 12.0 Å². The van der Waals surface area contributed by atoms with Crippen molar-refractivity contribution in [3.05, 3.63) is 34.6 Å². The first-order valence-corrected chi connectivity index (χ1v) is 6.19. The van der Waals surface area contributed by atoms with Gasteiger partial charge in [-0.15, -0.1) is 0 Å². The van der Waals surface area contributed by atoms with Gasteiger partial charge in [0.2, 0.25) is 0 Å². The molecule has 0 amide bonds. The van der Waals surface area contributed by atoms with Crippen molar-refractivity contribution in [1.29, 1.82) is 0 Å². The fourth-order valence-electron chi connectivity index (χ4n) is 2.63. The van der Waals surface area contributed by atoms with Crippen LogP contribution in [0.5, 0.6) is 0 Å². The number of nitrogens with one attached hydrogen (secondary N) is 1. The van der Waals surface area contributed by atoms with Gasteiger partial charge in [0, 0.05) is 6.04 Å². The molecule has 1 aromatic carbocycles. The lowest BCUT2D eigenvalue weighted by atomic mass is 9.95. The van der Waals surface area contributed by atoms with Gasteiger partial charge in [0.25, 0.3) is 0 Å². The molecule has 3 heteroatoms. The summed E-state index contributed by atoms with van der Waals surface area (Å²) in [6.07, 6.45) is 4.68. The molecule has 0 aliphatic heterocycles. The third kappa shape index (κ3) is 2.55. The van der Waals surface area contributed by atoms with Gasteiger partial charge in [-0.3, -0.25) is 0 Å². The zero-order chi connectivity index (χ0) is 11.5. The van der Waals surface area contributed by atoms with Crippen LogP contribution in [-0.2, 0) is 6.42 Å². The van der Waals surface area contributed by atoms with Gasteiger partial charge in [0.15, 0.2) is 0 Å². The van der Waals surface area contributed by atoms with Crippen molar-refractivity contribution < 1.29 is 4.39 Å². The van der Waals surface area contributed by atoms with E-state index in [1.54, 1.807) is 12.1 Å². The van der Waals surface area contributed by atoms with Gasteiger partial charge < -0.3 is 5.32 Å². The lowest BCUT2D eigenvalue weighted by molar-refractivity contribution is 0.423. The standard InChI is InChI=1S/C13H17ClFN/c1-16-13-4-2-3-10(13)7-9-5-6-11(14)12(15)8-9/h5-6,8,10,13,16H,2-4,7H2,1H3. The lowest BCUT2D eigenvalue weighted by Crippen LogP contribution is -2.30. The minimum Gasteiger partial charge on any atom is -0.317 e. The van der Waals surface area contributed by atoms with Crippen molar-refractivity contribution in [2.24, 2.45) is 5.92 Å². The SMILES string of the molecule is CNC1CCCC1Cc1ccc(Cl)c(F)c1. The number of benzene rings is 1. The van der Waals surface area contributed by atoms with Crippen LogP contribution in [-0.4, -0.2) is 13.1 Å². The second-order valence-electron chi connectivity index (χ2n) is 4.54. The molecule has 0 saturated heterocycles. The number of rotatable bonds is 3. The van der Waals surface area contributed by atoms with Crippen LogP contribution in [0.15, 0.2) is 18.2 Å². The molecule has 1 aliphatic rings. The van der Waals surface area contributed by atoms with E-state index in [-0.39, 0.29) is 10.8 Å². The van der Waals surface area contributed by atoms with E-state index < -0.39 is 0 Å². The fourth-order valence-corrected chi connectivity index (χ4v) is 2.75. The lowest BCUT2D eigenvalue weighted by Gasteiger charge is -2.18. The maximum Gasteiger partial charge on any atom is 0.142 e. The second kappa shape index (κ2) is 5.15. The Labute approximate surface area is 101 Å². The molecule has 1 saturated carbocycles. The summed E-state index contributed by atoms with van der Waals surface area (Å²) < 4.78 is 13.3. The minimum absolute atomic E-state index is 0.209. The molecule has 2 atom stereocenters. The normalized spacial score (nSPS) is 24.9. The Morgan fingerprint density at radius 3 is 2.94 bits per heavy atom. The zero-order valence-electron chi connectivity index (χ0n) is 9.47. The summed E-state index contributed by atoms with van der Waals surface area (Å²) in [5, 5.41) is 3.55. The minimum atomic E-state index is -0.307. The van der Waals surface area contributed by atoms with Crippen molar-refractivity contribution in [1.82, 2.24) is 5.32 Å². The summed E-state index contributed by atoms with van der Waals surface area (Å²) >= 11 is 5.67. The van der Waals surface area contributed by atoms with Crippen molar-refractivity contribution in [3.8, 4) is 0 Å². The first-order valence-electron chi connectivity index (χ1n) is 5.82. The molecule has 0 spiro atoms. The largest absolute Gasteiger partial charge is 0.317 e. The molecule has 88 valence electrons. The maximum absolute atomic E-state index is 13.3. The summed E-state index contributed by atoms with van der Waals surface area (Å²) in [5.74, 6) is 0.323. The van der Waals surface area contributed by atoms with Crippen LogP contribution in [0.4, 0.5) is 4.39 Å². The number of halogens is 2. The summed E-state index contributed by atoms with van der Waals surface area (Å²) in [4.78, 5) is 0. The Kier molecular flexibility index (Phi) is 3.82. The Bertz CT molecular complexity index is 367. The number of hydrogen-bond donors (Lipinski definition) is 1. The molecule has 1 nitrogen and oxygen atoms in total. The quantitative estimate of drug-likeness (QED) is 0.855. The Balaban J connectivity index is 2.05. The van der Waals surface area contributed by atoms with Gasteiger partial charge in [-0.25, -0.2) is 4.39 Å². The van der Waals surface area contributed by atoms with E-state index in [2.05, 4.69) is 5.32 Å². The first-order chi connectivity index (χ1) is 7.70. The van der Waals surface area contributed by atoms with Gasteiger partial charge in [-0.2, -0.15) is 0 Å². The Morgan fingerprint density at radius 2 is 2.25 bits per heavy atom. The third-order valence-corrected chi connectivity index (χ3v) is 3.82. The summed E-state index contributed by atoms with van der Waals surface area (Å²) in [6.45, 7) is 0. The van der Waals surface area contributed by atoms with Crippen LogP contribution in [0.3, 0.4) is 0 Å². The molecule has 1 N–H and O–H groups in total. The van der Waals surface area contributed by atoms with Gasteiger partial charge in [0.1, 0.15) is 5.82 Å². The van der Waals surface area contributed by atoms with E-state index in [9.17, 15) is 4.39 Å². The highest BCUT2D eigenvalue weighted by molar-refractivity contribution is 6.30. The molecule has 1 aliphatic carbocycles. The Hall–Kier alpha value is -0.600. The van der Waals surface area contributed by atoms with Crippen LogP contribution in [0.1, 0.15) is 24.8 Å². The van der Waals surface area contributed by atoms with Crippen molar-refractivity contribution in [2.45, 2.75) is 31.7 Å². The summed E-state index contributed by atoms with van der Waals surface area (Å²) in [5.41, 5.74) is 1.05. The van der Waals surface area contributed by atoms with Gasteiger partial charge in [-0.05, 0) is 49.9 Å². The molecule has 1 aromatic rings. The first kappa shape index (κ1) is 11.9. The van der Waals surface area contributed by atoms with E-state index >= 15 is 0 Å². The van der Waals surface area contributed by atoms with Crippen LogP contribution >= 0.6 is 11.6 Å². The van der Waals surface area contributed by atoms with Gasteiger partial charge in [0.05, 0.1) is 5.02 Å². The highest BCUT2D eigenvalue weighted by Gasteiger charge is 2.25. The average Bonchev–Trinajstić information content (AvgIpc) is 2.71. The van der Waals surface area contributed by atoms with Crippen molar-refractivity contribution in [2.75, 3.05) is 7.05 Å². The smallest absolute Gasteiger partial charge is 0.142 e. The predicted octanol–water partition coefficient (Wildman–Crippen LogP) is 3.41. The van der Waals surface area contributed by atoms with Crippen LogP contribution in [0.2, 0.25) is 5.02 Å². The molecule has 0 radical (unpaired) electrons. The number of hydrogen-bond acceptors (Lipinski definition) is 1. The highest BCUT2D eigenvalue weighted by Crippen LogP contribution is 2.29. The van der Waals surface area contributed by atoms with E-state index in [0.717, 1.165) is 12.0 Å². The van der Waals surface area contributed by atoms with Gasteiger partial charge >= 0.3 is 0 Å². The fraction of sp³-hybridized carbons (Fsp3) is 0.538. The van der Waals surface area contributed by atoms with E-state index in [1.165, 1.54) is 19.3 Å². The van der Waals surface area contributed by atoms with Crippen molar-refractivity contribution >= 4 is 11.6 Å². The summed E-state index contributed by atoms with van der Waals surface area (Å²) in [6, 6.07) is 5.72. The molecule has 16 heavy (non-hydrogen) atoms. The van der Waals surface area contributed by atoms with Crippen LogP contribution < -0.4 is 5.32 Å². The average molecular weight is 242 g/mol. The molecular weight excluding hydrogens is 225 g/mol. The Morgan fingerprint density at radius 1 is 1.44 bits per heavy atom. The summed E-state index contributed by atoms with van der Waals surface area (Å²) in [7, 11) is 2.01. The van der Waals surface area contributed by atoms with Crippen LogP contribution in [0, 0.1) is 11.7 Å². The molecule has 0 aromatic heterocycles. The van der Waals surface area contributed by atoms with Gasteiger partial charge in [-0.1, -0.05) is 24.1 Å². The molecular formula is C13H17ClFN. The molecule has 2 unspecified atom stereocenters. The predicted molar refractivity (Wildman–Crippen MR) is 65.3 cm³/mol. The molecule has 1 fully saturated rings. The van der Waals surface area contributed by atoms with Crippen LogP contribution in [0.25, 0.3) is 0 Å². The zero-order valence-corrected chi connectivity index (χ0v) is 10.2. The molecule has 0 bridgehead atoms.